The molecular weight excluding hydrogens is 261 g/mol. The van der Waals surface area contributed by atoms with Crippen LogP contribution in [0, 0.1) is 0 Å². The van der Waals surface area contributed by atoms with Crippen LogP contribution in [-0.2, 0) is 5.92 Å². The number of aromatic amines is 1. The van der Waals surface area contributed by atoms with Crippen molar-refractivity contribution in [3.63, 3.8) is 0 Å². The lowest BCUT2D eigenvalue weighted by Crippen LogP contribution is -2.50. The number of nitrogens with one attached hydrogen (secondary N) is 1. The molecule has 96 valence electrons. The fourth-order valence-corrected chi connectivity index (χ4v) is 0.879. The Kier molecular flexibility index (Phi) is 2.93. The van der Waals surface area contributed by atoms with Crippen LogP contribution in [-0.4, -0.2) is 22.1 Å². The quantitative estimate of drug-likeness (QED) is 0.831. The third kappa shape index (κ3) is 2.11. The van der Waals surface area contributed by atoms with E-state index in [0.717, 1.165) is 0 Å². The topological polar surface area (TPSA) is 45.8 Å². The van der Waals surface area contributed by atoms with Gasteiger partial charge in [-0.25, -0.2) is 4.98 Å². The Labute approximate surface area is 88.3 Å². The average molecular weight is 264 g/mol. The van der Waals surface area contributed by atoms with Crippen molar-refractivity contribution in [1.29, 1.82) is 0 Å². The van der Waals surface area contributed by atoms with E-state index in [9.17, 15) is 35.5 Å². The first-order chi connectivity index (χ1) is 7.50. The molecule has 0 fully saturated rings. The molecule has 1 rings (SSSR count). The van der Waals surface area contributed by atoms with Gasteiger partial charge in [0.15, 0.2) is 0 Å². The van der Waals surface area contributed by atoms with Crippen LogP contribution in [0.1, 0.15) is 5.69 Å². The Bertz CT molecular complexity index is 464. The lowest BCUT2D eigenvalue weighted by molar-refractivity contribution is -0.360. The Hall–Kier alpha value is -1.61. The normalized spacial score (nSPS) is 13.8. The van der Waals surface area contributed by atoms with Gasteiger partial charge in [0.05, 0.1) is 6.33 Å². The van der Waals surface area contributed by atoms with Crippen molar-refractivity contribution in [1.82, 2.24) is 9.97 Å². The van der Waals surface area contributed by atoms with E-state index < -0.39 is 29.3 Å². The maximum absolute atomic E-state index is 12.9. The molecule has 3 nitrogen and oxygen atoms in total. The lowest BCUT2D eigenvalue weighted by Gasteiger charge is -2.27. The molecule has 0 saturated carbocycles. The Balaban J connectivity index is 3.33. The summed E-state index contributed by atoms with van der Waals surface area (Å²) in [5.41, 5.74) is -3.23. The fourth-order valence-electron chi connectivity index (χ4n) is 0.879. The van der Waals surface area contributed by atoms with E-state index in [1.54, 1.807) is 4.98 Å². The second kappa shape index (κ2) is 3.70. The van der Waals surface area contributed by atoms with Crippen LogP contribution >= 0.6 is 0 Å². The second-order valence-electron chi connectivity index (χ2n) is 2.94. The highest BCUT2D eigenvalue weighted by Crippen LogP contribution is 2.50. The molecule has 17 heavy (non-hydrogen) atoms. The first kappa shape index (κ1) is 13.5. The Morgan fingerprint density at radius 3 is 2.00 bits per heavy atom. The van der Waals surface area contributed by atoms with Crippen LogP contribution in [0.4, 0.5) is 30.7 Å². The summed E-state index contributed by atoms with van der Waals surface area (Å²) in [7, 11) is 0. The SMILES string of the molecule is O=c1cc(C(F)(F)C(F)(F)C(F)(F)F)nc[nH]1. The van der Waals surface area contributed by atoms with E-state index in [1.165, 1.54) is 0 Å². The molecule has 0 bridgehead atoms. The molecule has 0 aliphatic carbocycles. The number of H-pyrrole nitrogens is 1. The van der Waals surface area contributed by atoms with Gasteiger partial charge in [-0.15, -0.1) is 0 Å². The van der Waals surface area contributed by atoms with Gasteiger partial charge < -0.3 is 4.98 Å². The summed E-state index contributed by atoms with van der Waals surface area (Å²) >= 11 is 0. The summed E-state index contributed by atoms with van der Waals surface area (Å²) < 4.78 is 86.2. The van der Waals surface area contributed by atoms with Crippen LogP contribution < -0.4 is 5.56 Å². The minimum atomic E-state index is -6.46. The van der Waals surface area contributed by atoms with Gasteiger partial charge in [0, 0.05) is 6.07 Å². The van der Waals surface area contributed by atoms with Crippen molar-refractivity contribution in [2.75, 3.05) is 0 Å². The van der Waals surface area contributed by atoms with Gasteiger partial charge >= 0.3 is 18.0 Å². The number of alkyl halides is 7. The van der Waals surface area contributed by atoms with Crippen LogP contribution in [0.2, 0.25) is 0 Å². The minimum absolute atomic E-state index is 0.125. The van der Waals surface area contributed by atoms with E-state index in [4.69, 9.17) is 0 Å². The third-order valence-corrected chi connectivity index (χ3v) is 1.75. The number of aromatic nitrogens is 2. The molecule has 1 N–H and O–H groups in total. The summed E-state index contributed by atoms with van der Waals surface area (Å²) in [6, 6.07) is -0.125. The maximum atomic E-state index is 12.9. The van der Waals surface area contributed by atoms with Gasteiger partial charge in [0.1, 0.15) is 5.69 Å². The number of nitrogens with zero attached hydrogens (tertiary/aromatic N) is 1. The molecule has 0 radical (unpaired) electrons. The standard InChI is InChI=1S/C7H3F7N2O/c8-5(9,6(10,11)7(12,13)14)3-1-4(17)16-2-15-3/h1-2H,(H,15,16,17). The lowest BCUT2D eigenvalue weighted by atomic mass is 10.1. The average Bonchev–Trinajstić information content (AvgIpc) is 2.15. The van der Waals surface area contributed by atoms with Gasteiger partial charge in [0.2, 0.25) is 0 Å². The molecule has 1 aromatic heterocycles. The van der Waals surface area contributed by atoms with Crippen molar-refractivity contribution in [2.45, 2.75) is 18.0 Å². The van der Waals surface area contributed by atoms with Crippen LogP contribution in [0.15, 0.2) is 17.2 Å². The first-order valence-electron chi connectivity index (χ1n) is 3.87. The zero-order valence-electron chi connectivity index (χ0n) is 7.66. The highest BCUT2D eigenvalue weighted by Gasteiger charge is 2.74. The largest absolute Gasteiger partial charge is 0.460 e. The first-order valence-corrected chi connectivity index (χ1v) is 3.87. The van der Waals surface area contributed by atoms with Crippen molar-refractivity contribution in [3.05, 3.63) is 28.4 Å². The summed E-state index contributed by atoms with van der Waals surface area (Å²) in [4.78, 5) is 14.9. The smallest absolute Gasteiger partial charge is 0.313 e. The van der Waals surface area contributed by atoms with Crippen molar-refractivity contribution in [3.8, 4) is 0 Å². The number of rotatable bonds is 2. The number of hydrogen-bond donors (Lipinski definition) is 1. The highest BCUT2D eigenvalue weighted by atomic mass is 19.4. The molecule has 0 amide bonds. The Morgan fingerprint density at radius 2 is 1.59 bits per heavy atom. The number of hydrogen-bond acceptors (Lipinski definition) is 2. The van der Waals surface area contributed by atoms with E-state index in [-0.39, 0.29) is 6.07 Å². The van der Waals surface area contributed by atoms with Crippen molar-refractivity contribution < 1.29 is 30.7 Å². The summed E-state index contributed by atoms with van der Waals surface area (Å²) in [5.74, 6) is -11.9. The van der Waals surface area contributed by atoms with E-state index in [2.05, 4.69) is 4.98 Å². The molecule has 0 spiro atoms. The minimum Gasteiger partial charge on any atom is -0.313 e. The molecule has 0 aliphatic rings. The molecule has 0 unspecified atom stereocenters. The molecule has 0 atom stereocenters. The van der Waals surface area contributed by atoms with Gasteiger partial charge in [-0.2, -0.15) is 30.7 Å². The zero-order chi connectivity index (χ0) is 13.5. The molecule has 0 aromatic carbocycles. The highest BCUT2D eigenvalue weighted by molar-refractivity contribution is 5.12. The number of halogens is 7. The summed E-state index contributed by atoms with van der Waals surface area (Å²) in [6.45, 7) is 0. The molecule has 0 saturated heterocycles. The third-order valence-electron chi connectivity index (χ3n) is 1.75. The zero-order valence-corrected chi connectivity index (χ0v) is 7.66. The monoisotopic (exact) mass is 264 g/mol. The van der Waals surface area contributed by atoms with Gasteiger partial charge in [-0.3, -0.25) is 4.79 Å². The fraction of sp³-hybridized carbons (Fsp3) is 0.429. The van der Waals surface area contributed by atoms with E-state index in [1.807, 2.05) is 0 Å². The predicted octanol–water partition coefficient (Wildman–Crippen LogP) is 2.06. The summed E-state index contributed by atoms with van der Waals surface area (Å²) in [5, 5.41) is 0. The maximum Gasteiger partial charge on any atom is 0.460 e. The molecular formula is C7H3F7N2O. The van der Waals surface area contributed by atoms with Crippen LogP contribution in [0.5, 0.6) is 0 Å². The molecule has 10 heteroatoms. The molecule has 1 heterocycles. The van der Waals surface area contributed by atoms with Crippen LogP contribution in [0.25, 0.3) is 0 Å². The Morgan fingerprint density at radius 1 is 1.06 bits per heavy atom. The predicted molar refractivity (Wildman–Crippen MR) is 39.8 cm³/mol. The van der Waals surface area contributed by atoms with Gasteiger partial charge in [0.25, 0.3) is 5.56 Å². The van der Waals surface area contributed by atoms with Gasteiger partial charge in [-0.05, 0) is 0 Å². The van der Waals surface area contributed by atoms with E-state index in [0.29, 0.717) is 6.33 Å². The molecule has 1 aromatic rings. The van der Waals surface area contributed by atoms with Gasteiger partial charge in [-0.1, -0.05) is 0 Å². The van der Waals surface area contributed by atoms with Crippen molar-refractivity contribution in [2.24, 2.45) is 0 Å². The second-order valence-corrected chi connectivity index (χ2v) is 2.94. The van der Waals surface area contributed by atoms with E-state index >= 15 is 0 Å². The molecule has 0 aliphatic heterocycles. The summed E-state index contributed by atoms with van der Waals surface area (Å²) in [6.07, 6.45) is -6.15. The van der Waals surface area contributed by atoms with Crippen molar-refractivity contribution >= 4 is 0 Å². The van der Waals surface area contributed by atoms with Crippen LogP contribution in [0.3, 0.4) is 0 Å².